The standard InChI is InChI=1S/C20H19N5O2S/c21-15-6-2-1-5-14(15)16-8-12-9-17(19(22)26)28-18(12)11-25(16)20(27)24-13-4-3-7-23-10-13/h1-7,9-10,16H,8,11,21H2,(H2,22,26)(H,24,27). The van der Waals surface area contributed by atoms with E-state index in [1.165, 1.54) is 11.3 Å². The second-order valence-corrected chi connectivity index (χ2v) is 7.71. The van der Waals surface area contributed by atoms with Gasteiger partial charge in [0.15, 0.2) is 0 Å². The molecule has 1 aliphatic rings. The zero-order valence-corrected chi connectivity index (χ0v) is 15.8. The molecule has 3 heterocycles. The maximum atomic E-state index is 13.1. The molecule has 5 N–H and O–H groups in total. The molecule has 1 aromatic carbocycles. The van der Waals surface area contributed by atoms with Crippen LogP contribution in [-0.2, 0) is 13.0 Å². The summed E-state index contributed by atoms with van der Waals surface area (Å²) in [6.45, 7) is 0.373. The van der Waals surface area contributed by atoms with Gasteiger partial charge in [-0.05, 0) is 41.8 Å². The number of nitrogens with zero attached hydrogens (tertiary/aromatic N) is 2. The minimum atomic E-state index is -0.457. The van der Waals surface area contributed by atoms with Gasteiger partial charge < -0.3 is 21.7 Å². The number of carbonyl (C=O) groups excluding carboxylic acids is 2. The molecule has 7 nitrogen and oxygen atoms in total. The number of nitrogens with two attached hydrogens (primary N) is 2. The van der Waals surface area contributed by atoms with E-state index >= 15 is 0 Å². The van der Waals surface area contributed by atoms with Gasteiger partial charge in [0.2, 0.25) is 0 Å². The van der Waals surface area contributed by atoms with Crippen LogP contribution in [0, 0.1) is 0 Å². The van der Waals surface area contributed by atoms with Crippen molar-refractivity contribution in [3.63, 3.8) is 0 Å². The molecular formula is C20H19N5O2S. The van der Waals surface area contributed by atoms with Crippen LogP contribution in [0.4, 0.5) is 16.2 Å². The van der Waals surface area contributed by atoms with E-state index in [-0.39, 0.29) is 12.1 Å². The summed E-state index contributed by atoms with van der Waals surface area (Å²) in [5.41, 5.74) is 14.8. The van der Waals surface area contributed by atoms with Gasteiger partial charge in [-0.3, -0.25) is 9.78 Å². The van der Waals surface area contributed by atoms with Gasteiger partial charge in [0.1, 0.15) is 0 Å². The van der Waals surface area contributed by atoms with Gasteiger partial charge in [0.05, 0.1) is 29.3 Å². The fraction of sp³-hybridized carbons (Fsp3) is 0.150. The lowest BCUT2D eigenvalue weighted by Gasteiger charge is -2.36. The van der Waals surface area contributed by atoms with Crippen LogP contribution in [0.3, 0.4) is 0 Å². The summed E-state index contributed by atoms with van der Waals surface area (Å²) in [6, 6.07) is 12.4. The van der Waals surface area contributed by atoms with Crippen molar-refractivity contribution < 1.29 is 9.59 Å². The van der Waals surface area contributed by atoms with Crippen LogP contribution in [0.5, 0.6) is 0 Å². The van der Waals surface area contributed by atoms with Crippen LogP contribution >= 0.6 is 11.3 Å². The van der Waals surface area contributed by atoms with E-state index in [9.17, 15) is 9.59 Å². The topological polar surface area (TPSA) is 114 Å². The largest absolute Gasteiger partial charge is 0.398 e. The van der Waals surface area contributed by atoms with Crippen LogP contribution in [0.25, 0.3) is 0 Å². The van der Waals surface area contributed by atoms with Crippen LogP contribution in [-0.4, -0.2) is 21.8 Å². The Morgan fingerprint density at radius 2 is 2.04 bits per heavy atom. The summed E-state index contributed by atoms with van der Waals surface area (Å²) in [5, 5.41) is 2.89. The number of thiophene rings is 1. The summed E-state index contributed by atoms with van der Waals surface area (Å²) in [7, 11) is 0. The van der Waals surface area contributed by atoms with Gasteiger partial charge in [-0.15, -0.1) is 11.3 Å². The molecule has 3 aromatic rings. The molecule has 0 fully saturated rings. The van der Waals surface area contributed by atoms with Crippen LogP contribution in [0.15, 0.2) is 54.9 Å². The van der Waals surface area contributed by atoms with Crippen molar-refractivity contribution in [3.05, 3.63) is 75.7 Å². The third-order valence-electron chi connectivity index (χ3n) is 4.77. The van der Waals surface area contributed by atoms with E-state index in [0.29, 0.717) is 29.2 Å². The number of rotatable bonds is 3. The smallest absolute Gasteiger partial charge is 0.322 e. The second kappa shape index (κ2) is 7.32. The van der Waals surface area contributed by atoms with Crippen molar-refractivity contribution in [2.24, 2.45) is 5.73 Å². The Balaban J connectivity index is 1.70. The average Bonchev–Trinajstić information content (AvgIpc) is 3.12. The van der Waals surface area contributed by atoms with Gasteiger partial charge in [-0.1, -0.05) is 18.2 Å². The summed E-state index contributed by atoms with van der Waals surface area (Å²) >= 11 is 1.33. The molecule has 0 bridgehead atoms. The Morgan fingerprint density at radius 1 is 1.21 bits per heavy atom. The minimum Gasteiger partial charge on any atom is -0.398 e. The van der Waals surface area contributed by atoms with E-state index in [0.717, 1.165) is 16.0 Å². The first-order valence-electron chi connectivity index (χ1n) is 8.76. The molecule has 0 saturated heterocycles. The lowest BCUT2D eigenvalue weighted by atomic mass is 9.93. The first-order chi connectivity index (χ1) is 13.5. The molecule has 142 valence electrons. The second-order valence-electron chi connectivity index (χ2n) is 6.57. The van der Waals surface area contributed by atoms with Gasteiger partial charge >= 0.3 is 6.03 Å². The molecular weight excluding hydrogens is 374 g/mol. The highest BCUT2D eigenvalue weighted by Gasteiger charge is 2.33. The molecule has 1 atom stereocenters. The van der Waals surface area contributed by atoms with Gasteiger partial charge in [-0.25, -0.2) is 4.79 Å². The average molecular weight is 393 g/mol. The zero-order valence-electron chi connectivity index (χ0n) is 15.0. The van der Waals surface area contributed by atoms with Crippen LogP contribution < -0.4 is 16.8 Å². The first-order valence-corrected chi connectivity index (χ1v) is 9.58. The SMILES string of the molecule is NC(=O)c1cc2c(s1)CN(C(=O)Nc1cccnc1)C(c1ccccc1N)C2. The van der Waals surface area contributed by atoms with E-state index in [2.05, 4.69) is 10.3 Å². The zero-order chi connectivity index (χ0) is 19.7. The molecule has 0 radical (unpaired) electrons. The summed E-state index contributed by atoms with van der Waals surface area (Å²) in [5.74, 6) is -0.457. The van der Waals surface area contributed by atoms with Crippen molar-refractivity contribution in [1.82, 2.24) is 9.88 Å². The van der Waals surface area contributed by atoms with E-state index in [1.807, 2.05) is 30.3 Å². The molecule has 2 aromatic heterocycles. The van der Waals surface area contributed by atoms with Gasteiger partial charge in [0.25, 0.3) is 5.91 Å². The molecule has 0 saturated carbocycles. The van der Waals surface area contributed by atoms with Gasteiger partial charge in [0, 0.05) is 16.8 Å². The molecule has 0 spiro atoms. The molecule has 3 amide bonds. The minimum absolute atomic E-state index is 0.249. The van der Waals surface area contributed by atoms with Crippen molar-refractivity contribution in [1.29, 1.82) is 0 Å². The van der Waals surface area contributed by atoms with Crippen molar-refractivity contribution >= 4 is 34.6 Å². The highest BCUT2D eigenvalue weighted by Crippen LogP contribution is 2.39. The first kappa shape index (κ1) is 18.0. The summed E-state index contributed by atoms with van der Waals surface area (Å²) < 4.78 is 0. The Kier molecular flexibility index (Phi) is 4.70. The Bertz CT molecular complexity index is 1030. The number of benzene rings is 1. The number of aromatic nitrogens is 1. The van der Waals surface area contributed by atoms with Crippen molar-refractivity contribution in [2.45, 2.75) is 19.0 Å². The van der Waals surface area contributed by atoms with E-state index in [1.54, 1.807) is 29.4 Å². The number of carbonyl (C=O) groups is 2. The van der Waals surface area contributed by atoms with E-state index in [4.69, 9.17) is 11.5 Å². The number of amides is 3. The maximum absolute atomic E-state index is 13.1. The summed E-state index contributed by atoms with van der Waals surface area (Å²) in [6.07, 6.45) is 3.80. The van der Waals surface area contributed by atoms with Crippen LogP contribution in [0.1, 0.15) is 31.7 Å². The number of hydrogen-bond donors (Lipinski definition) is 3. The van der Waals surface area contributed by atoms with E-state index < -0.39 is 5.91 Å². The predicted molar refractivity (Wildman–Crippen MR) is 109 cm³/mol. The van der Waals surface area contributed by atoms with Crippen LogP contribution in [0.2, 0.25) is 0 Å². The molecule has 28 heavy (non-hydrogen) atoms. The normalized spacial score (nSPS) is 15.7. The monoisotopic (exact) mass is 393 g/mol. The Hall–Kier alpha value is -3.39. The van der Waals surface area contributed by atoms with Crippen molar-refractivity contribution in [2.75, 3.05) is 11.1 Å². The maximum Gasteiger partial charge on any atom is 0.322 e. The molecule has 1 aliphatic heterocycles. The third-order valence-corrected chi connectivity index (χ3v) is 5.95. The third kappa shape index (κ3) is 3.41. The number of primary amides is 1. The number of hydrogen-bond acceptors (Lipinski definition) is 5. The number of nitrogens with one attached hydrogen (secondary N) is 1. The number of para-hydroxylation sites is 1. The molecule has 4 rings (SSSR count). The predicted octanol–water partition coefficient (Wildman–Crippen LogP) is 3.16. The lowest BCUT2D eigenvalue weighted by molar-refractivity contribution is 0.100. The fourth-order valence-electron chi connectivity index (χ4n) is 3.42. The number of pyridine rings is 1. The number of urea groups is 1. The Morgan fingerprint density at radius 3 is 2.75 bits per heavy atom. The molecule has 8 heteroatoms. The number of fused-ring (bicyclic) bond motifs is 1. The van der Waals surface area contributed by atoms with Crippen molar-refractivity contribution in [3.8, 4) is 0 Å². The highest BCUT2D eigenvalue weighted by molar-refractivity contribution is 7.14. The quantitative estimate of drug-likeness (QED) is 0.593. The highest BCUT2D eigenvalue weighted by atomic mass is 32.1. The van der Waals surface area contributed by atoms with Gasteiger partial charge in [-0.2, -0.15) is 0 Å². The lowest BCUT2D eigenvalue weighted by Crippen LogP contribution is -2.41. The fourth-order valence-corrected chi connectivity index (χ4v) is 4.46. The number of anilines is 2. The number of nitrogen functional groups attached to an aromatic ring is 1. The Labute approximate surface area is 166 Å². The molecule has 0 aliphatic carbocycles. The summed E-state index contributed by atoms with van der Waals surface area (Å²) in [4.78, 5) is 31.9. The molecule has 1 unspecified atom stereocenters.